The summed E-state index contributed by atoms with van der Waals surface area (Å²) in [6, 6.07) is 6.69. The van der Waals surface area contributed by atoms with Gasteiger partial charge in [0.05, 0.1) is 0 Å². The maximum atomic E-state index is 12.4. The minimum Gasteiger partial charge on any atom is -0.299 e. The molecule has 1 saturated carbocycles. The number of fused-ring (bicyclic) bond motifs is 5. The number of carbonyl (C=O) groups is 1. The van der Waals surface area contributed by atoms with E-state index in [2.05, 4.69) is 44.2 Å². The van der Waals surface area contributed by atoms with Crippen LogP contribution in [0.1, 0.15) is 62.1 Å². The van der Waals surface area contributed by atoms with E-state index in [-0.39, 0.29) is 5.41 Å². The maximum absolute atomic E-state index is 12.4. The minimum atomic E-state index is 0.129. The fourth-order valence-corrected chi connectivity index (χ4v) is 5.17. The van der Waals surface area contributed by atoms with Crippen LogP contribution in [-0.4, -0.2) is 5.78 Å². The molecule has 0 aliphatic heterocycles. The highest BCUT2D eigenvalue weighted by atomic mass is 16.1. The van der Waals surface area contributed by atoms with Gasteiger partial charge in [-0.2, -0.15) is 0 Å². The molecule has 3 aliphatic rings. The zero-order valence-corrected chi connectivity index (χ0v) is 13.1. The lowest BCUT2D eigenvalue weighted by Crippen LogP contribution is -2.40. The van der Waals surface area contributed by atoms with Crippen molar-refractivity contribution in [3.8, 4) is 0 Å². The molecule has 1 fully saturated rings. The first kappa shape index (κ1) is 13.3. The van der Waals surface area contributed by atoms with Crippen molar-refractivity contribution in [3.63, 3.8) is 0 Å². The fraction of sp³-hybridized carbons (Fsp3) is 0.550. The van der Waals surface area contributed by atoms with Crippen molar-refractivity contribution in [2.45, 2.75) is 57.3 Å². The van der Waals surface area contributed by atoms with Crippen LogP contribution in [0.4, 0.5) is 0 Å². The summed E-state index contributed by atoms with van der Waals surface area (Å²) in [4.78, 5) is 12.4. The smallest absolute Gasteiger partial charge is 0.138 e. The Kier molecular flexibility index (Phi) is 2.89. The lowest BCUT2D eigenvalue weighted by molar-refractivity contribution is -0.120. The van der Waals surface area contributed by atoms with Crippen molar-refractivity contribution in [3.05, 3.63) is 47.0 Å². The maximum Gasteiger partial charge on any atom is 0.138 e. The Hall–Kier alpha value is -1.37. The average Bonchev–Trinajstić information content (AvgIpc) is 3.06. The second-order valence-electron chi connectivity index (χ2n) is 7.43. The van der Waals surface area contributed by atoms with Crippen molar-refractivity contribution >= 4 is 5.78 Å². The molecular formula is C20H24O. The summed E-state index contributed by atoms with van der Waals surface area (Å²) in [6.45, 7) is 4.61. The summed E-state index contributed by atoms with van der Waals surface area (Å²) in [5.41, 5.74) is 4.54. The van der Waals surface area contributed by atoms with Crippen molar-refractivity contribution in [2.24, 2.45) is 11.8 Å². The quantitative estimate of drug-likeness (QED) is 0.726. The molecule has 1 spiro atoms. The molecule has 0 amide bonds. The lowest BCUT2D eigenvalue weighted by atomic mass is 9.60. The number of Topliss-reactive ketones (excluding diaryl/α,β-unsaturated/α-hetero) is 1. The summed E-state index contributed by atoms with van der Waals surface area (Å²) in [6.07, 6.45) is 9.86. The average molecular weight is 280 g/mol. The Morgan fingerprint density at radius 1 is 1.33 bits per heavy atom. The Labute approximate surface area is 127 Å². The van der Waals surface area contributed by atoms with Gasteiger partial charge in [0.1, 0.15) is 5.78 Å². The van der Waals surface area contributed by atoms with E-state index in [1.807, 2.05) is 0 Å². The molecule has 3 aliphatic carbocycles. The Morgan fingerprint density at radius 2 is 2.19 bits per heavy atom. The number of rotatable bonds is 2. The fourth-order valence-electron chi connectivity index (χ4n) is 5.17. The zero-order valence-electron chi connectivity index (χ0n) is 13.1. The second kappa shape index (κ2) is 4.56. The summed E-state index contributed by atoms with van der Waals surface area (Å²) < 4.78 is 0. The van der Waals surface area contributed by atoms with Gasteiger partial charge in [-0.15, -0.1) is 0 Å². The highest BCUT2D eigenvalue weighted by Gasteiger charge is 2.53. The SMILES string of the molecule is CCC(C)c1cccc2c1C1(CC(=O)C2)CC2C=CC1C2. The van der Waals surface area contributed by atoms with Gasteiger partial charge in [-0.05, 0) is 53.7 Å². The van der Waals surface area contributed by atoms with Gasteiger partial charge < -0.3 is 0 Å². The molecule has 1 nitrogen and oxygen atoms in total. The van der Waals surface area contributed by atoms with E-state index in [9.17, 15) is 4.79 Å². The van der Waals surface area contributed by atoms with Gasteiger partial charge in [-0.3, -0.25) is 4.79 Å². The van der Waals surface area contributed by atoms with Gasteiger partial charge in [-0.1, -0.05) is 44.2 Å². The van der Waals surface area contributed by atoms with Crippen LogP contribution < -0.4 is 0 Å². The van der Waals surface area contributed by atoms with Crippen molar-refractivity contribution in [1.82, 2.24) is 0 Å². The van der Waals surface area contributed by atoms with Crippen molar-refractivity contribution in [2.75, 3.05) is 0 Å². The van der Waals surface area contributed by atoms with Crippen molar-refractivity contribution < 1.29 is 4.79 Å². The molecule has 0 radical (unpaired) electrons. The van der Waals surface area contributed by atoms with Crippen LogP contribution in [0.3, 0.4) is 0 Å². The van der Waals surface area contributed by atoms with Gasteiger partial charge in [0.2, 0.25) is 0 Å². The lowest BCUT2D eigenvalue weighted by Gasteiger charge is -2.42. The normalized spacial score (nSPS) is 34.5. The van der Waals surface area contributed by atoms with E-state index >= 15 is 0 Å². The molecule has 0 aromatic heterocycles. The zero-order chi connectivity index (χ0) is 14.6. The number of carbonyl (C=O) groups excluding carboxylic acids is 1. The third-order valence-electron chi connectivity index (χ3n) is 6.23. The van der Waals surface area contributed by atoms with Gasteiger partial charge >= 0.3 is 0 Å². The topological polar surface area (TPSA) is 17.1 Å². The van der Waals surface area contributed by atoms with E-state index in [0.29, 0.717) is 30.0 Å². The summed E-state index contributed by atoms with van der Waals surface area (Å²) >= 11 is 0. The summed E-state index contributed by atoms with van der Waals surface area (Å²) in [5.74, 6) is 2.34. The predicted octanol–water partition coefficient (Wildman–Crippen LogP) is 4.55. The van der Waals surface area contributed by atoms with Gasteiger partial charge in [0.25, 0.3) is 0 Å². The highest BCUT2D eigenvalue weighted by Crippen LogP contribution is 2.58. The van der Waals surface area contributed by atoms with E-state index in [1.54, 1.807) is 5.56 Å². The first-order chi connectivity index (χ1) is 10.1. The van der Waals surface area contributed by atoms with E-state index in [1.165, 1.54) is 30.4 Å². The number of hydrogen-bond acceptors (Lipinski definition) is 1. The number of benzene rings is 1. The molecular weight excluding hydrogens is 256 g/mol. The molecule has 0 N–H and O–H groups in total. The van der Waals surface area contributed by atoms with E-state index in [0.717, 1.165) is 6.42 Å². The molecule has 0 saturated heterocycles. The molecule has 4 unspecified atom stereocenters. The third-order valence-corrected chi connectivity index (χ3v) is 6.23. The minimum absolute atomic E-state index is 0.129. The predicted molar refractivity (Wildman–Crippen MR) is 85.5 cm³/mol. The number of hydrogen-bond donors (Lipinski definition) is 0. The standard InChI is InChI=1S/C20H24O/c1-3-13(2)18-6-4-5-15-10-17(21)12-20(19(15)18)11-14-7-8-16(20)9-14/h4-8,13-14,16H,3,9-12H2,1-2H3. The Morgan fingerprint density at radius 3 is 2.86 bits per heavy atom. The van der Waals surface area contributed by atoms with Gasteiger partial charge in [0, 0.05) is 18.3 Å². The molecule has 1 aromatic carbocycles. The van der Waals surface area contributed by atoms with Crippen LogP contribution in [0, 0.1) is 11.8 Å². The first-order valence-corrected chi connectivity index (χ1v) is 8.46. The summed E-state index contributed by atoms with van der Waals surface area (Å²) in [5, 5.41) is 0. The van der Waals surface area contributed by atoms with Crippen LogP contribution in [0.15, 0.2) is 30.4 Å². The van der Waals surface area contributed by atoms with Crippen LogP contribution in [-0.2, 0) is 16.6 Å². The molecule has 4 atom stereocenters. The summed E-state index contributed by atoms with van der Waals surface area (Å²) in [7, 11) is 0. The van der Waals surface area contributed by atoms with Crippen LogP contribution >= 0.6 is 0 Å². The molecule has 1 heteroatoms. The number of allylic oxidation sites excluding steroid dienone is 2. The molecule has 1 aromatic rings. The molecule has 21 heavy (non-hydrogen) atoms. The monoisotopic (exact) mass is 280 g/mol. The van der Waals surface area contributed by atoms with E-state index < -0.39 is 0 Å². The Balaban J connectivity index is 1.93. The van der Waals surface area contributed by atoms with Crippen LogP contribution in [0.5, 0.6) is 0 Å². The largest absolute Gasteiger partial charge is 0.299 e. The van der Waals surface area contributed by atoms with Gasteiger partial charge in [0.15, 0.2) is 0 Å². The van der Waals surface area contributed by atoms with Crippen LogP contribution in [0.2, 0.25) is 0 Å². The van der Waals surface area contributed by atoms with Crippen molar-refractivity contribution in [1.29, 1.82) is 0 Å². The second-order valence-corrected chi connectivity index (χ2v) is 7.43. The Bertz CT molecular complexity index is 627. The molecule has 4 rings (SSSR count). The third kappa shape index (κ3) is 1.79. The van der Waals surface area contributed by atoms with Gasteiger partial charge in [-0.25, -0.2) is 0 Å². The van der Waals surface area contributed by atoms with E-state index in [4.69, 9.17) is 0 Å². The molecule has 2 bridgehead atoms. The first-order valence-electron chi connectivity index (χ1n) is 8.46. The molecule has 0 heterocycles. The highest BCUT2D eigenvalue weighted by molar-refractivity contribution is 5.86. The number of ketones is 1. The molecule has 110 valence electrons. The van der Waals surface area contributed by atoms with Crippen LogP contribution in [0.25, 0.3) is 0 Å².